The van der Waals surface area contributed by atoms with Gasteiger partial charge in [-0.05, 0) is 36.8 Å². The molecule has 2 amide bonds. The van der Waals surface area contributed by atoms with Crippen LogP contribution >= 0.6 is 11.3 Å². The summed E-state index contributed by atoms with van der Waals surface area (Å²) in [5, 5.41) is 14.1. The first-order chi connectivity index (χ1) is 11.9. The molecule has 3 rings (SSSR count). The summed E-state index contributed by atoms with van der Waals surface area (Å²) in [5.41, 5.74) is 6.41. The lowest BCUT2D eigenvalue weighted by Crippen LogP contribution is -2.19. The van der Waals surface area contributed by atoms with Crippen LogP contribution < -0.4 is 11.1 Å². The van der Waals surface area contributed by atoms with Crippen molar-refractivity contribution < 1.29 is 14.5 Å². The normalized spacial score (nSPS) is 16.1. The Hall–Kier alpha value is -2.74. The summed E-state index contributed by atoms with van der Waals surface area (Å²) in [6.07, 6.45) is 2.54. The summed E-state index contributed by atoms with van der Waals surface area (Å²) in [5.74, 6) is -0.711. The topological polar surface area (TPSA) is 115 Å². The number of para-hydroxylation sites is 1. The Kier molecular flexibility index (Phi) is 4.54. The Morgan fingerprint density at radius 3 is 2.76 bits per heavy atom. The van der Waals surface area contributed by atoms with E-state index in [0.717, 1.165) is 29.7 Å². The van der Waals surface area contributed by atoms with E-state index in [1.807, 2.05) is 0 Å². The number of anilines is 1. The first-order valence-electron chi connectivity index (χ1n) is 7.87. The SMILES string of the molecule is C[C@H]1CCc2c(sc(NC(=O)c3ccccc3[N+](=O)[O-])c2C(N)=O)C1. The number of thiophene rings is 1. The summed E-state index contributed by atoms with van der Waals surface area (Å²) in [7, 11) is 0. The van der Waals surface area contributed by atoms with E-state index in [-0.39, 0.29) is 11.3 Å². The van der Waals surface area contributed by atoms with Crippen molar-refractivity contribution in [3.63, 3.8) is 0 Å². The number of hydrogen-bond donors (Lipinski definition) is 2. The predicted octanol–water partition coefficient (Wildman–Crippen LogP) is 3.13. The molecule has 1 heterocycles. The number of nitrogens with zero attached hydrogens (tertiary/aromatic N) is 1. The molecule has 0 radical (unpaired) electrons. The van der Waals surface area contributed by atoms with Gasteiger partial charge in [0.15, 0.2) is 0 Å². The molecule has 0 unspecified atom stereocenters. The molecule has 1 aromatic heterocycles. The maximum absolute atomic E-state index is 12.5. The molecule has 130 valence electrons. The maximum Gasteiger partial charge on any atom is 0.282 e. The lowest BCUT2D eigenvalue weighted by molar-refractivity contribution is -0.385. The summed E-state index contributed by atoms with van der Waals surface area (Å²) >= 11 is 1.33. The number of fused-ring (bicyclic) bond motifs is 1. The highest BCUT2D eigenvalue weighted by Gasteiger charge is 2.28. The third-order valence-corrected chi connectivity index (χ3v) is 5.50. The van der Waals surface area contributed by atoms with Gasteiger partial charge in [0.25, 0.3) is 17.5 Å². The van der Waals surface area contributed by atoms with Gasteiger partial charge in [-0.1, -0.05) is 19.1 Å². The maximum atomic E-state index is 12.5. The van der Waals surface area contributed by atoms with Crippen molar-refractivity contribution in [2.24, 2.45) is 11.7 Å². The fraction of sp³-hybridized carbons (Fsp3) is 0.294. The fourth-order valence-electron chi connectivity index (χ4n) is 3.09. The molecule has 1 aliphatic rings. The minimum atomic E-state index is -0.624. The van der Waals surface area contributed by atoms with Gasteiger partial charge in [-0.25, -0.2) is 0 Å². The molecule has 0 saturated heterocycles. The van der Waals surface area contributed by atoms with E-state index in [1.54, 1.807) is 6.07 Å². The highest BCUT2D eigenvalue weighted by molar-refractivity contribution is 7.17. The van der Waals surface area contributed by atoms with Crippen molar-refractivity contribution in [1.29, 1.82) is 0 Å². The molecular formula is C17H17N3O4S. The van der Waals surface area contributed by atoms with Crippen molar-refractivity contribution in [2.45, 2.75) is 26.2 Å². The van der Waals surface area contributed by atoms with Gasteiger partial charge in [-0.3, -0.25) is 19.7 Å². The first-order valence-corrected chi connectivity index (χ1v) is 8.69. The number of carbonyl (C=O) groups excluding carboxylic acids is 2. The molecule has 8 heteroatoms. The van der Waals surface area contributed by atoms with E-state index < -0.39 is 16.7 Å². The monoisotopic (exact) mass is 359 g/mol. The van der Waals surface area contributed by atoms with Crippen LogP contribution in [0.1, 0.15) is 44.5 Å². The third kappa shape index (κ3) is 3.25. The highest BCUT2D eigenvalue weighted by atomic mass is 32.1. The summed E-state index contributed by atoms with van der Waals surface area (Å²) < 4.78 is 0. The molecule has 7 nitrogen and oxygen atoms in total. The van der Waals surface area contributed by atoms with Crippen LogP contribution in [0.25, 0.3) is 0 Å². The van der Waals surface area contributed by atoms with Gasteiger partial charge in [0.1, 0.15) is 10.6 Å². The van der Waals surface area contributed by atoms with Crippen LogP contribution in [0.3, 0.4) is 0 Å². The number of nitrogens with two attached hydrogens (primary N) is 1. The van der Waals surface area contributed by atoms with Crippen LogP contribution in [0.5, 0.6) is 0 Å². The van der Waals surface area contributed by atoms with E-state index in [9.17, 15) is 19.7 Å². The predicted molar refractivity (Wildman–Crippen MR) is 95.1 cm³/mol. The molecule has 2 aromatic rings. The molecule has 0 aliphatic heterocycles. The lowest BCUT2D eigenvalue weighted by Gasteiger charge is -2.18. The number of amides is 2. The van der Waals surface area contributed by atoms with Crippen molar-refractivity contribution in [3.8, 4) is 0 Å². The number of nitro benzene ring substituents is 1. The molecule has 0 fully saturated rings. The first kappa shape index (κ1) is 17.1. The summed E-state index contributed by atoms with van der Waals surface area (Å²) in [6, 6.07) is 5.70. The van der Waals surface area contributed by atoms with E-state index in [1.165, 1.54) is 29.5 Å². The number of primary amides is 1. The zero-order valence-electron chi connectivity index (χ0n) is 13.6. The average molecular weight is 359 g/mol. The minimum absolute atomic E-state index is 0.0531. The van der Waals surface area contributed by atoms with Crippen LogP contribution in [-0.4, -0.2) is 16.7 Å². The number of carbonyl (C=O) groups is 2. The van der Waals surface area contributed by atoms with Gasteiger partial charge in [-0.2, -0.15) is 0 Å². The Labute approximate surface area is 148 Å². The average Bonchev–Trinajstić information content (AvgIpc) is 2.91. The molecule has 25 heavy (non-hydrogen) atoms. The Balaban J connectivity index is 1.97. The number of nitrogens with one attached hydrogen (secondary N) is 1. The second kappa shape index (κ2) is 6.64. The quantitative estimate of drug-likeness (QED) is 0.644. The van der Waals surface area contributed by atoms with Gasteiger partial charge in [-0.15, -0.1) is 11.3 Å². The smallest absolute Gasteiger partial charge is 0.282 e. The number of rotatable bonds is 4. The van der Waals surface area contributed by atoms with E-state index in [4.69, 9.17) is 5.73 Å². The molecule has 0 bridgehead atoms. The standard InChI is InChI=1S/C17H17N3O4S/c1-9-6-7-11-13(8-9)25-17(14(11)15(18)21)19-16(22)10-4-2-3-5-12(10)20(23)24/h2-5,9H,6-8H2,1H3,(H2,18,21)(H,19,22)/t9-/m0/s1. The third-order valence-electron chi connectivity index (χ3n) is 4.33. The van der Waals surface area contributed by atoms with Gasteiger partial charge in [0.2, 0.25) is 0 Å². The highest BCUT2D eigenvalue weighted by Crippen LogP contribution is 2.39. The molecule has 1 aliphatic carbocycles. The van der Waals surface area contributed by atoms with Gasteiger partial charge >= 0.3 is 0 Å². The fourth-order valence-corrected chi connectivity index (χ4v) is 4.51. The van der Waals surface area contributed by atoms with Crippen LogP contribution in [0.4, 0.5) is 10.7 Å². The van der Waals surface area contributed by atoms with Crippen molar-refractivity contribution in [1.82, 2.24) is 0 Å². The van der Waals surface area contributed by atoms with Crippen LogP contribution in [0.15, 0.2) is 24.3 Å². The van der Waals surface area contributed by atoms with Crippen LogP contribution in [0.2, 0.25) is 0 Å². The molecular weight excluding hydrogens is 342 g/mol. The van der Waals surface area contributed by atoms with Gasteiger partial charge in [0, 0.05) is 10.9 Å². The van der Waals surface area contributed by atoms with Crippen molar-refractivity contribution >= 4 is 33.8 Å². The zero-order valence-corrected chi connectivity index (χ0v) is 14.4. The van der Waals surface area contributed by atoms with Crippen molar-refractivity contribution in [3.05, 3.63) is 55.9 Å². The van der Waals surface area contributed by atoms with E-state index >= 15 is 0 Å². The lowest BCUT2D eigenvalue weighted by atomic mass is 9.88. The second-order valence-corrected chi connectivity index (χ2v) is 7.25. The Bertz CT molecular complexity index is 875. The molecule has 0 saturated carbocycles. The zero-order chi connectivity index (χ0) is 18.1. The van der Waals surface area contributed by atoms with Gasteiger partial charge in [0.05, 0.1) is 10.5 Å². The molecule has 0 spiro atoms. The van der Waals surface area contributed by atoms with Crippen LogP contribution in [-0.2, 0) is 12.8 Å². The molecule has 3 N–H and O–H groups in total. The van der Waals surface area contributed by atoms with Gasteiger partial charge < -0.3 is 11.1 Å². The van der Waals surface area contributed by atoms with E-state index in [2.05, 4.69) is 12.2 Å². The Morgan fingerprint density at radius 2 is 2.08 bits per heavy atom. The number of nitro groups is 1. The van der Waals surface area contributed by atoms with Crippen molar-refractivity contribution in [2.75, 3.05) is 5.32 Å². The van der Waals surface area contributed by atoms with Crippen LogP contribution in [0, 0.1) is 16.0 Å². The summed E-state index contributed by atoms with van der Waals surface area (Å²) in [4.78, 5) is 36.0. The molecule has 1 atom stereocenters. The summed E-state index contributed by atoms with van der Waals surface area (Å²) in [6.45, 7) is 2.14. The minimum Gasteiger partial charge on any atom is -0.365 e. The number of benzene rings is 1. The number of hydrogen-bond acceptors (Lipinski definition) is 5. The Morgan fingerprint density at radius 1 is 1.36 bits per heavy atom. The largest absolute Gasteiger partial charge is 0.365 e. The van der Waals surface area contributed by atoms with E-state index in [0.29, 0.717) is 16.5 Å². The second-order valence-electron chi connectivity index (χ2n) is 6.15. The molecule has 1 aromatic carbocycles.